The van der Waals surface area contributed by atoms with Gasteiger partial charge >= 0.3 is 5.97 Å². The average Bonchev–Trinajstić information content (AvgIpc) is 2.38. The third-order valence-electron chi connectivity index (χ3n) is 2.34. The molecule has 0 amide bonds. The number of rotatable bonds is 5. The molecule has 0 heterocycles. The van der Waals surface area contributed by atoms with Gasteiger partial charge in [0.2, 0.25) is 10.0 Å². The summed E-state index contributed by atoms with van der Waals surface area (Å²) in [6.07, 6.45) is 0. The van der Waals surface area contributed by atoms with E-state index in [4.69, 9.17) is 22.0 Å². The van der Waals surface area contributed by atoms with Crippen LogP contribution in [0.2, 0.25) is 5.02 Å². The fraction of sp³-hybridized carbons (Fsp3) is 0.273. The van der Waals surface area contributed by atoms with Crippen molar-refractivity contribution in [2.24, 2.45) is 5.92 Å². The van der Waals surface area contributed by atoms with Gasteiger partial charge in [0.25, 0.3) is 0 Å². The van der Waals surface area contributed by atoms with E-state index in [-0.39, 0.29) is 26.5 Å². The molecule has 0 aliphatic heterocycles. The summed E-state index contributed by atoms with van der Waals surface area (Å²) in [6.45, 7) is 1.49. The van der Waals surface area contributed by atoms with Gasteiger partial charge in [0.05, 0.1) is 27.5 Å². The van der Waals surface area contributed by atoms with Crippen molar-refractivity contribution in [1.29, 1.82) is 5.26 Å². The highest BCUT2D eigenvalue weighted by Gasteiger charge is 2.21. The van der Waals surface area contributed by atoms with Gasteiger partial charge in [-0.3, -0.25) is 0 Å². The molecular weight excluding hydrogens is 372 g/mol. The highest BCUT2D eigenvalue weighted by atomic mass is 79.9. The van der Waals surface area contributed by atoms with Crippen LogP contribution in [-0.2, 0) is 10.0 Å². The van der Waals surface area contributed by atoms with Crippen molar-refractivity contribution in [1.82, 2.24) is 4.72 Å². The smallest absolute Gasteiger partial charge is 0.337 e. The number of hydrogen-bond donors (Lipinski definition) is 2. The highest BCUT2D eigenvalue weighted by molar-refractivity contribution is 9.10. The molecule has 0 spiro atoms. The van der Waals surface area contributed by atoms with Gasteiger partial charge in [-0.15, -0.1) is 0 Å². The van der Waals surface area contributed by atoms with E-state index in [1.165, 1.54) is 6.07 Å². The Labute approximate surface area is 129 Å². The van der Waals surface area contributed by atoms with Gasteiger partial charge in [-0.2, -0.15) is 5.26 Å². The van der Waals surface area contributed by atoms with Crippen LogP contribution in [0.4, 0.5) is 0 Å². The predicted molar refractivity (Wildman–Crippen MR) is 76.1 cm³/mol. The molecule has 0 aromatic heterocycles. The van der Waals surface area contributed by atoms with Crippen LogP contribution < -0.4 is 4.72 Å². The maximum Gasteiger partial charge on any atom is 0.337 e. The number of sulfonamides is 1. The van der Waals surface area contributed by atoms with Crippen LogP contribution in [0.5, 0.6) is 0 Å². The Hall–Kier alpha value is -1.14. The Balaban J connectivity index is 3.20. The molecule has 2 N–H and O–H groups in total. The zero-order chi connectivity index (χ0) is 15.5. The molecule has 1 atom stereocenters. The van der Waals surface area contributed by atoms with E-state index < -0.39 is 21.9 Å². The highest BCUT2D eigenvalue weighted by Crippen LogP contribution is 2.29. The molecule has 6 nitrogen and oxygen atoms in total. The summed E-state index contributed by atoms with van der Waals surface area (Å²) in [7, 11) is -3.91. The number of nitrogens with one attached hydrogen (secondary N) is 1. The molecule has 0 fully saturated rings. The number of halogens is 2. The zero-order valence-corrected chi connectivity index (χ0v) is 13.4. The first-order valence-corrected chi connectivity index (χ1v) is 7.96. The summed E-state index contributed by atoms with van der Waals surface area (Å²) in [5.41, 5.74) is -0.324. The standard InChI is InChI=1S/C11H10BrClN2O4S/c1-6(4-14)5-15-20(18,19)7-2-8(11(16)17)10(13)9(12)3-7/h2-3,6,15H,5H2,1H3,(H,16,17). The molecule has 0 saturated heterocycles. The summed E-state index contributed by atoms with van der Waals surface area (Å²) in [5, 5.41) is 17.5. The van der Waals surface area contributed by atoms with Crippen molar-refractivity contribution in [2.75, 3.05) is 6.54 Å². The number of nitriles is 1. The van der Waals surface area contributed by atoms with Gasteiger partial charge in [0.15, 0.2) is 0 Å². The van der Waals surface area contributed by atoms with Crippen LogP contribution in [0.3, 0.4) is 0 Å². The Morgan fingerprint density at radius 3 is 2.70 bits per heavy atom. The first-order valence-electron chi connectivity index (χ1n) is 5.30. The molecule has 20 heavy (non-hydrogen) atoms. The molecule has 1 aromatic carbocycles. The average molecular weight is 382 g/mol. The lowest BCUT2D eigenvalue weighted by molar-refractivity contribution is 0.0696. The van der Waals surface area contributed by atoms with Crippen molar-refractivity contribution >= 4 is 43.5 Å². The van der Waals surface area contributed by atoms with Crippen molar-refractivity contribution in [3.8, 4) is 6.07 Å². The van der Waals surface area contributed by atoms with E-state index in [9.17, 15) is 13.2 Å². The minimum absolute atomic E-state index is 0.0680. The first kappa shape index (κ1) is 16.9. The van der Waals surface area contributed by atoms with Crippen LogP contribution >= 0.6 is 27.5 Å². The van der Waals surface area contributed by atoms with Crippen molar-refractivity contribution < 1.29 is 18.3 Å². The monoisotopic (exact) mass is 380 g/mol. The Morgan fingerprint density at radius 2 is 2.20 bits per heavy atom. The fourth-order valence-electron chi connectivity index (χ4n) is 1.24. The zero-order valence-electron chi connectivity index (χ0n) is 10.2. The minimum Gasteiger partial charge on any atom is -0.478 e. The van der Waals surface area contributed by atoms with Gasteiger partial charge in [-0.1, -0.05) is 11.6 Å². The number of aromatic carboxylic acids is 1. The summed E-state index contributed by atoms with van der Waals surface area (Å²) >= 11 is 8.79. The minimum atomic E-state index is -3.91. The van der Waals surface area contributed by atoms with Gasteiger partial charge < -0.3 is 5.11 Å². The number of carbonyl (C=O) groups is 1. The van der Waals surface area contributed by atoms with E-state index in [0.29, 0.717) is 0 Å². The van der Waals surface area contributed by atoms with Gasteiger partial charge in [0, 0.05) is 11.0 Å². The lowest BCUT2D eigenvalue weighted by Gasteiger charge is -2.10. The van der Waals surface area contributed by atoms with E-state index in [0.717, 1.165) is 6.07 Å². The maximum atomic E-state index is 12.0. The molecule has 0 aliphatic rings. The second kappa shape index (κ2) is 6.54. The number of carboxylic acid groups (broad SMARTS) is 1. The summed E-state index contributed by atoms with van der Waals surface area (Å²) in [5.74, 6) is -1.84. The molecule has 0 bridgehead atoms. The third kappa shape index (κ3) is 3.93. The Morgan fingerprint density at radius 1 is 1.60 bits per heavy atom. The molecule has 1 aromatic rings. The molecule has 0 saturated carbocycles. The molecule has 1 unspecified atom stereocenters. The van der Waals surface area contributed by atoms with E-state index in [1.54, 1.807) is 6.92 Å². The fourth-order valence-corrected chi connectivity index (χ4v) is 3.22. The Bertz CT molecular complexity index is 684. The van der Waals surface area contributed by atoms with Crippen LogP contribution in [0.25, 0.3) is 0 Å². The molecule has 0 aliphatic carbocycles. The molecule has 9 heteroatoms. The topological polar surface area (TPSA) is 107 Å². The van der Waals surface area contributed by atoms with Crippen molar-refractivity contribution in [3.05, 3.63) is 27.2 Å². The number of nitrogens with zero attached hydrogens (tertiary/aromatic N) is 1. The second-order valence-electron chi connectivity index (χ2n) is 3.95. The van der Waals surface area contributed by atoms with Crippen LogP contribution in [-0.4, -0.2) is 26.0 Å². The molecule has 108 valence electrons. The lowest BCUT2D eigenvalue weighted by Crippen LogP contribution is -2.28. The summed E-state index contributed by atoms with van der Waals surface area (Å²) in [6, 6.07) is 4.06. The SMILES string of the molecule is CC(C#N)CNS(=O)(=O)c1cc(Br)c(Cl)c(C(=O)O)c1. The second-order valence-corrected chi connectivity index (χ2v) is 6.95. The van der Waals surface area contributed by atoms with E-state index in [2.05, 4.69) is 20.7 Å². The van der Waals surface area contributed by atoms with Gasteiger partial charge in [-0.05, 0) is 35.0 Å². The normalized spacial score (nSPS) is 12.7. The summed E-state index contributed by atoms with van der Waals surface area (Å²) < 4.78 is 26.4. The quantitative estimate of drug-likeness (QED) is 0.813. The van der Waals surface area contributed by atoms with Gasteiger partial charge in [-0.25, -0.2) is 17.9 Å². The molecular formula is C11H10BrClN2O4S. The van der Waals surface area contributed by atoms with E-state index >= 15 is 0 Å². The summed E-state index contributed by atoms with van der Waals surface area (Å²) in [4.78, 5) is 10.8. The van der Waals surface area contributed by atoms with Crippen molar-refractivity contribution in [3.63, 3.8) is 0 Å². The van der Waals surface area contributed by atoms with E-state index in [1.807, 2.05) is 6.07 Å². The number of carboxylic acids is 1. The largest absolute Gasteiger partial charge is 0.478 e. The van der Waals surface area contributed by atoms with Crippen molar-refractivity contribution in [2.45, 2.75) is 11.8 Å². The maximum absolute atomic E-state index is 12.0. The number of hydrogen-bond acceptors (Lipinski definition) is 4. The lowest BCUT2D eigenvalue weighted by atomic mass is 10.2. The number of benzene rings is 1. The van der Waals surface area contributed by atoms with Crippen LogP contribution in [0, 0.1) is 17.2 Å². The molecule has 0 radical (unpaired) electrons. The van der Waals surface area contributed by atoms with Crippen LogP contribution in [0.1, 0.15) is 17.3 Å². The molecule has 1 rings (SSSR count). The Kier molecular flexibility index (Phi) is 5.53. The van der Waals surface area contributed by atoms with Crippen LogP contribution in [0.15, 0.2) is 21.5 Å². The predicted octanol–water partition coefficient (Wildman–Crippen LogP) is 2.24. The third-order valence-corrected chi connectivity index (χ3v) is 5.01. The first-order chi connectivity index (χ1) is 9.19. The van der Waals surface area contributed by atoms with Gasteiger partial charge in [0.1, 0.15) is 0 Å².